The molecule has 0 radical (unpaired) electrons. The quantitative estimate of drug-likeness (QED) is 0.916. The van der Waals surface area contributed by atoms with Gasteiger partial charge in [0.2, 0.25) is 0 Å². The number of aromatic nitrogens is 1. The Kier molecular flexibility index (Phi) is 3.77. The average molecular weight is 311 g/mol. The number of carbonyl (C=O) groups is 1. The molecule has 0 aliphatic carbocycles. The van der Waals surface area contributed by atoms with Gasteiger partial charge in [-0.15, -0.1) is 11.3 Å². The Morgan fingerprint density at radius 3 is 3.16 bits per heavy atom. The van der Waals surface area contributed by atoms with Gasteiger partial charge >= 0.3 is 0 Å². The van der Waals surface area contributed by atoms with Gasteiger partial charge in [-0.3, -0.25) is 9.78 Å². The smallest absolute Gasteiger partial charge is 0.265 e. The molecular weight excluding hydrogens is 300 g/mol. The third kappa shape index (κ3) is 2.78. The molecule has 98 valence electrons. The van der Waals surface area contributed by atoms with Crippen molar-refractivity contribution in [3.05, 3.63) is 44.9 Å². The van der Waals surface area contributed by atoms with E-state index in [0.717, 1.165) is 22.8 Å². The fraction of sp³-hybridized carbons (Fsp3) is 0.231. The molecule has 1 N–H and O–H groups in total. The van der Waals surface area contributed by atoms with Gasteiger partial charge in [0.15, 0.2) is 0 Å². The maximum absolute atomic E-state index is 12.2. The number of rotatable bonds is 2. The number of thiophene rings is 1. The molecule has 3 nitrogen and oxygen atoms in total. The summed E-state index contributed by atoms with van der Waals surface area (Å²) < 4.78 is 0. The summed E-state index contributed by atoms with van der Waals surface area (Å²) in [6, 6.07) is 3.65. The highest BCUT2D eigenvalue weighted by molar-refractivity contribution is 7.98. The Hall–Kier alpha value is -1.04. The Morgan fingerprint density at radius 2 is 2.37 bits per heavy atom. The van der Waals surface area contributed by atoms with Crippen molar-refractivity contribution >= 4 is 46.3 Å². The Labute approximate surface area is 124 Å². The fourth-order valence-corrected chi connectivity index (χ4v) is 4.33. The van der Waals surface area contributed by atoms with Crippen LogP contribution in [0, 0.1) is 0 Å². The number of nitrogens with zero attached hydrogens (tertiary/aromatic N) is 1. The minimum atomic E-state index is -0.112. The van der Waals surface area contributed by atoms with Gasteiger partial charge in [0.25, 0.3) is 5.91 Å². The zero-order valence-electron chi connectivity index (χ0n) is 9.98. The highest BCUT2D eigenvalue weighted by atomic mass is 35.5. The van der Waals surface area contributed by atoms with E-state index in [2.05, 4.69) is 10.3 Å². The highest BCUT2D eigenvalue weighted by Gasteiger charge is 2.18. The standard InChI is InChI=1S/C13H11ClN2OS2/c14-9-1-3-15-6-10(9)16-13(17)12-5-8-7-18-4-2-11(8)19-12/h1,3,5-6H,2,4,7H2,(H,16,17). The topological polar surface area (TPSA) is 42.0 Å². The molecule has 0 aromatic carbocycles. The Bertz CT molecular complexity index is 603. The van der Waals surface area contributed by atoms with Gasteiger partial charge in [-0.25, -0.2) is 0 Å². The summed E-state index contributed by atoms with van der Waals surface area (Å²) >= 11 is 9.49. The van der Waals surface area contributed by atoms with Crippen molar-refractivity contribution in [1.82, 2.24) is 4.98 Å². The first-order valence-electron chi connectivity index (χ1n) is 5.84. The lowest BCUT2D eigenvalue weighted by Gasteiger charge is -2.08. The van der Waals surface area contributed by atoms with Gasteiger partial charge in [0.1, 0.15) is 0 Å². The summed E-state index contributed by atoms with van der Waals surface area (Å²) in [5, 5.41) is 3.31. The second kappa shape index (κ2) is 5.53. The van der Waals surface area contributed by atoms with Crippen LogP contribution >= 0.6 is 34.7 Å². The number of carbonyl (C=O) groups excluding carboxylic acids is 1. The second-order valence-corrected chi connectivity index (χ2v) is 6.82. The van der Waals surface area contributed by atoms with Crippen molar-refractivity contribution in [2.24, 2.45) is 0 Å². The number of hydrogen-bond acceptors (Lipinski definition) is 4. The van der Waals surface area contributed by atoms with Crippen LogP contribution in [0.15, 0.2) is 24.5 Å². The molecule has 0 saturated carbocycles. The molecule has 1 amide bonds. The molecule has 6 heteroatoms. The van der Waals surface area contributed by atoms with E-state index in [-0.39, 0.29) is 5.91 Å². The van der Waals surface area contributed by atoms with Crippen LogP contribution in [0.3, 0.4) is 0 Å². The predicted octanol–water partition coefficient (Wildman–Crippen LogP) is 3.84. The number of aryl methyl sites for hydroxylation is 1. The van der Waals surface area contributed by atoms with Crippen molar-refractivity contribution in [3.63, 3.8) is 0 Å². The number of amides is 1. The van der Waals surface area contributed by atoms with Gasteiger partial charge in [-0.05, 0) is 29.9 Å². The molecule has 2 aromatic heterocycles. The summed E-state index contributed by atoms with van der Waals surface area (Å²) in [6.07, 6.45) is 4.22. The zero-order valence-corrected chi connectivity index (χ0v) is 12.4. The zero-order chi connectivity index (χ0) is 13.2. The number of anilines is 1. The van der Waals surface area contributed by atoms with Crippen molar-refractivity contribution < 1.29 is 4.79 Å². The minimum absolute atomic E-state index is 0.112. The molecular formula is C13H11ClN2OS2. The number of halogens is 1. The summed E-state index contributed by atoms with van der Waals surface area (Å²) in [5.41, 5.74) is 1.85. The van der Waals surface area contributed by atoms with E-state index in [1.54, 1.807) is 29.8 Å². The molecule has 19 heavy (non-hydrogen) atoms. The van der Waals surface area contributed by atoms with Crippen LogP contribution in [-0.2, 0) is 12.2 Å². The van der Waals surface area contributed by atoms with Crippen LogP contribution in [0.5, 0.6) is 0 Å². The summed E-state index contributed by atoms with van der Waals surface area (Å²) in [7, 11) is 0. The van der Waals surface area contributed by atoms with Gasteiger partial charge in [0.05, 0.1) is 21.8 Å². The first kappa shape index (κ1) is 13.0. The van der Waals surface area contributed by atoms with E-state index in [4.69, 9.17) is 11.6 Å². The summed E-state index contributed by atoms with van der Waals surface area (Å²) in [6.45, 7) is 0. The van der Waals surface area contributed by atoms with E-state index in [1.807, 2.05) is 17.8 Å². The molecule has 3 heterocycles. The van der Waals surface area contributed by atoms with Crippen LogP contribution in [0.2, 0.25) is 5.02 Å². The number of thioether (sulfide) groups is 1. The van der Waals surface area contributed by atoms with Crippen LogP contribution < -0.4 is 5.32 Å². The normalized spacial score (nSPS) is 13.9. The molecule has 0 fully saturated rings. The largest absolute Gasteiger partial charge is 0.319 e. The third-order valence-corrected chi connectivity index (χ3v) is 5.44. The molecule has 3 rings (SSSR count). The lowest BCUT2D eigenvalue weighted by molar-refractivity contribution is 0.103. The van der Waals surface area contributed by atoms with Crippen LogP contribution in [-0.4, -0.2) is 16.6 Å². The van der Waals surface area contributed by atoms with Gasteiger partial charge in [0, 0.05) is 16.8 Å². The lowest BCUT2D eigenvalue weighted by Crippen LogP contribution is -2.10. The van der Waals surface area contributed by atoms with E-state index < -0.39 is 0 Å². The fourth-order valence-electron chi connectivity index (χ4n) is 1.91. The monoisotopic (exact) mass is 310 g/mol. The number of pyridine rings is 1. The molecule has 1 aliphatic heterocycles. The first-order valence-corrected chi connectivity index (χ1v) is 8.19. The Balaban J connectivity index is 1.81. The SMILES string of the molecule is O=C(Nc1cnccc1Cl)c1cc2c(s1)CCSC2. The van der Waals surface area contributed by atoms with Crippen molar-refractivity contribution in [2.75, 3.05) is 11.1 Å². The summed E-state index contributed by atoms with van der Waals surface area (Å²) in [4.78, 5) is 18.2. The molecule has 0 atom stereocenters. The maximum Gasteiger partial charge on any atom is 0.265 e. The summed E-state index contributed by atoms with van der Waals surface area (Å²) in [5.74, 6) is 2.04. The second-order valence-electron chi connectivity index (χ2n) is 4.17. The van der Waals surface area contributed by atoms with Gasteiger partial charge in [-0.2, -0.15) is 11.8 Å². The molecule has 1 aliphatic rings. The van der Waals surface area contributed by atoms with Crippen molar-refractivity contribution in [3.8, 4) is 0 Å². The van der Waals surface area contributed by atoms with Gasteiger partial charge in [-0.1, -0.05) is 11.6 Å². The number of fused-ring (bicyclic) bond motifs is 1. The molecule has 0 unspecified atom stereocenters. The lowest BCUT2D eigenvalue weighted by atomic mass is 10.2. The van der Waals surface area contributed by atoms with Crippen molar-refractivity contribution in [2.45, 2.75) is 12.2 Å². The third-order valence-electron chi connectivity index (χ3n) is 2.87. The van der Waals surface area contributed by atoms with Crippen LogP contribution in [0.4, 0.5) is 5.69 Å². The Morgan fingerprint density at radius 1 is 1.47 bits per heavy atom. The molecule has 0 spiro atoms. The average Bonchev–Trinajstić information content (AvgIpc) is 2.85. The van der Waals surface area contributed by atoms with E-state index in [9.17, 15) is 4.79 Å². The number of hydrogen-bond donors (Lipinski definition) is 1. The first-order chi connectivity index (χ1) is 9.24. The van der Waals surface area contributed by atoms with Crippen LogP contribution in [0.1, 0.15) is 20.1 Å². The number of nitrogens with one attached hydrogen (secondary N) is 1. The van der Waals surface area contributed by atoms with E-state index in [0.29, 0.717) is 10.7 Å². The highest BCUT2D eigenvalue weighted by Crippen LogP contribution is 2.32. The predicted molar refractivity (Wildman–Crippen MR) is 81.4 cm³/mol. The maximum atomic E-state index is 12.2. The van der Waals surface area contributed by atoms with E-state index >= 15 is 0 Å². The van der Waals surface area contributed by atoms with Crippen LogP contribution in [0.25, 0.3) is 0 Å². The van der Waals surface area contributed by atoms with E-state index in [1.165, 1.54) is 10.4 Å². The van der Waals surface area contributed by atoms with Crippen molar-refractivity contribution in [1.29, 1.82) is 0 Å². The van der Waals surface area contributed by atoms with Gasteiger partial charge < -0.3 is 5.32 Å². The molecule has 0 bridgehead atoms. The molecule has 0 saturated heterocycles. The molecule has 2 aromatic rings. The minimum Gasteiger partial charge on any atom is -0.319 e.